The summed E-state index contributed by atoms with van der Waals surface area (Å²) in [7, 11) is 0. The normalized spacial score (nSPS) is 15.6. The van der Waals surface area contributed by atoms with Crippen molar-refractivity contribution in [2.45, 2.75) is 12.5 Å². The number of benzene rings is 1. The van der Waals surface area contributed by atoms with E-state index in [2.05, 4.69) is 10.1 Å². The van der Waals surface area contributed by atoms with Crippen molar-refractivity contribution >= 4 is 23.5 Å². The molecule has 8 heteroatoms. The smallest absolute Gasteiger partial charge is 1.00 e. The van der Waals surface area contributed by atoms with Crippen LogP contribution in [0.1, 0.15) is 23.7 Å². The minimum Gasteiger partial charge on any atom is -1.00 e. The molecule has 2 aromatic rings. The molecule has 2 heterocycles. The molecule has 0 saturated carbocycles. The molecule has 1 unspecified atom stereocenters. The van der Waals surface area contributed by atoms with Gasteiger partial charge in [-0.05, 0) is 22.9 Å². The molecule has 1 aliphatic heterocycles. The summed E-state index contributed by atoms with van der Waals surface area (Å²) in [4.78, 5) is 4.32. The second kappa shape index (κ2) is 10.0. The second-order valence-corrected chi connectivity index (χ2v) is 4.93. The monoisotopic (exact) mass is 548 g/mol. The van der Waals surface area contributed by atoms with Crippen molar-refractivity contribution < 1.29 is 47.2 Å². The van der Waals surface area contributed by atoms with Crippen LogP contribution < -0.4 is 24.8 Å². The Morgan fingerprint density at radius 3 is 2.30 bits per heavy atom. The SMILES string of the molecule is N=C([S-])N1N=C(c2ccccn2)CC1c1ccccc1.[Au+3].[Cl-].[Cl-]. The van der Waals surface area contributed by atoms with Crippen molar-refractivity contribution in [2.24, 2.45) is 5.10 Å². The minimum atomic E-state index is -0.0155. The Hall–Kier alpha value is -0.950. The van der Waals surface area contributed by atoms with Gasteiger partial charge in [0.1, 0.15) is 0 Å². The van der Waals surface area contributed by atoms with Gasteiger partial charge < -0.3 is 42.9 Å². The third-order valence-corrected chi connectivity index (χ3v) is 3.45. The molecule has 0 saturated heterocycles. The van der Waals surface area contributed by atoms with Crippen molar-refractivity contribution in [1.82, 2.24) is 9.99 Å². The molecule has 1 atom stereocenters. The molecular formula is C15H13AuCl2N4S. The fourth-order valence-corrected chi connectivity index (χ4v) is 2.49. The first-order chi connectivity index (χ1) is 9.75. The Bertz CT molecular complexity index is 655. The molecule has 0 amide bonds. The van der Waals surface area contributed by atoms with E-state index in [1.807, 2.05) is 48.5 Å². The van der Waals surface area contributed by atoms with E-state index in [9.17, 15) is 0 Å². The van der Waals surface area contributed by atoms with Crippen LogP contribution in [0.4, 0.5) is 0 Å². The quantitative estimate of drug-likeness (QED) is 0.185. The van der Waals surface area contributed by atoms with E-state index in [4.69, 9.17) is 18.0 Å². The largest absolute Gasteiger partial charge is 3.00 e. The van der Waals surface area contributed by atoms with Crippen LogP contribution in [-0.4, -0.2) is 20.9 Å². The Kier molecular flexibility index (Phi) is 9.61. The molecule has 1 aromatic carbocycles. The minimum absolute atomic E-state index is 0. The average Bonchev–Trinajstić information content (AvgIpc) is 2.94. The van der Waals surface area contributed by atoms with Crippen LogP contribution in [0.5, 0.6) is 0 Å². The van der Waals surface area contributed by atoms with Gasteiger partial charge >= 0.3 is 22.4 Å². The summed E-state index contributed by atoms with van der Waals surface area (Å²) >= 11 is 5.00. The first-order valence-corrected chi connectivity index (χ1v) is 6.75. The molecule has 1 N–H and O–H groups in total. The van der Waals surface area contributed by atoms with Crippen LogP contribution >= 0.6 is 0 Å². The zero-order valence-electron chi connectivity index (χ0n) is 11.8. The Morgan fingerprint density at radius 2 is 1.74 bits per heavy atom. The molecule has 1 aliphatic rings. The fraction of sp³-hybridized carbons (Fsp3) is 0.133. The van der Waals surface area contributed by atoms with Gasteiger partial charge in [-0.15, -0.1) is 0 Å². The summed E-state index contributed by atoms with van der Waals surface area (Å²) in [5.74, 6) is 0. The fourth-order valence-electron chi connectivity index (χ4n) is 2.32. The zero-order valence-corrected chi connectivity index (χ0v) is 16.3. The van der Waals surface area contributed by atoms with Gasteiger partial charge in [0.15, 0.2) is 0 Å². The van der Waals surface area contributed by atoms with Crippen molar-refractivity contribution in [2.75, 3.05) is 0 Å². The standard InChI is InChI=1S/C15H14N4S.Au.2ClH/c16-15(20)19-14(11-6-2-1-3-7-11)10-13(18-19)12-8-4-5-9-17-12;;;/h1-9,14H,10H2,(H2,16,20);;2*1H/q;+3;;/p-3. The van der Waals surface area contributed by atoms with Gasteiger partial charge in [0.05, 0.1) is 17.4 Å². The van der Waals surface area contributed by atoms with Gasteiger partial charge in [0.2, 0.25) is 0 Å². The van der Waals surface area contributed by atoms with E-state index in [1.54, 1.807) is 11.2 Å². The number of rotatable bonds is 2. The molecule has 0 aliphatic carbocycles. The second-order valence-electron chi connectivity index (χ2n) is 4.54. The Morgan fingerprint density at radius 1 is 1.09 bits per heavy atom. The first kappa shape index (κ1) is 22.1. The van der Waals surface area contributed by atoms with Crippen LogP contribution in [-0.2, 0) is 35.0 Å². The molecule has 4 nitrogen and oxygen atoms in total. The van der Waals surface area contributed by atoms with Crippen molar-refractivity contribution in [3.63, 3.8) is 0 Å². The number of nitrogens with one attached hydrogen (secondary N) is 1. The Labute approximate surface area is 169 Å². The third-order valence-electron chi connectivity index (χ3n) is 3.26. The molecule has 0 radical (unpaired) electrons. The summed E-state index contributed by atoms with van der Waals surface area (Å²) in [5, 5.41) is 13.8. The number of pyridine rings is 1. The Balaban J connectivity index is 0.00000161. The summed E-state index contributed by atoms with van der Waals surface area (Å²) < 4.78 is 0. The van der Waals surface area contributed by atoms with Gasteiger partial charge in [-0.3, -0.25) is 9.99 Å². The van der Waals surface area contributed by atoms with Gasteiger partial charge in [0.25, 0.3) is 0 Å². The molecule has 0 fully saturated rings. The number of hydrogen-bond acceptors (Lipinski definition) is 4. The van der Waals surface area contributed by atoms with E-state index < -0.39 is 0 Å². The van der Waals surface area contributed by atoms with Crippen LogP contribution in [0.25, 0.3) is 0 Å². The molecule has 0 bridgehead atoms. The number of hydrazone groups is 1. The molecule has 1 aromatic heterocycles. The van der Waals surface area contributed by atoms with Crippen LogP contribution in [0.15, 0.2) is 59.8 Å². The van der Waals surface area contributed by atoms with Crippen LogP contribution in [0.3, 0.4) is 0 Å². The van der Waals surface area contributed by atoms with Crippen molar-refractivity contribution in [3.8, 4) is 0 Å². The maximum atomic E-state index is 7.74. The van der Waals surface area contributed by atoms with E-state index in [-0.39, 0.29) is 58.4 Å². The molecule has 3 rings (SSSR count). The maximum absolute atomic E-state index is 7.74. The average molecular weight is 549 g/mol. The number of hydrogen-bond donors (Lipinski definition) is 1. The van der Waals surface area contributed by atoms with Gasteiger partial charge in [0, 0.05) is 12.6 Å². The van der Waals surface area contributed by atoms with E-state index >= 15 is 0 Å². The van der Waals surface area contributed by atoms with Crippen molar-refractivity contribution in [1.29, 1.82) is 5.41 Å². The molecule has 124 valence electrons. The van der Waals surface area contributed by atoms with Crippen LogP contribution in [0.2, 0.25) is 0 Å². The number of amidine groups is 1. The van der Waals surface area contributed by atoms with E-state index in [0.29, 0.717) is 6.42 Å². The predicted molar refractivity (Wildman–Crippen MR) is 81.5 cm³/mol. The summed E-state index contributed by atoms with van der Waals surface area (Å²) in [6.07, 6.45) is 2.46. The van der Waals surface area contributed by atoms with E-state index in [1.165, 1.54) is 0 Å². The predicted octanol–water partition coefficient (Wildman–Crippen LogP) is -3.28. The van der Waals surface area contributed by atoms with Crippen LogP contribution in [0, 0.1) is 5.41 Å². The molecule has 0 spiro atoms. The summed E-state index contributed by atoms with van der Waals surface area (Å²) in [6.45, 7) is 0. The number of halogens is 2. The molecular weight excluding hydrogens is 536 g/mol. The topological polar surface area (TPSA) is 52.3 Å². The third kappa shape index (κ3) is 5.01. The number of aromatic nitrogens is 1. The summed E-state index contributed by atoms with van der Waals surface area (Å²) in [6, 6.07) is 15.7. The van der Waals surface area contributed by atoms with Gasteiger partial charge in [-0.25, -0.2) is 0 Å². The van der Waals surface area contributed by atoms with Gasteiger partial charge in [-0.1, -0.05) is 36.4 Å². The first-order valence-electron chi connectivity index (χ1n) is 6.34. The van der Waals surface area contributed by atoms with Crippen molar-refractivity contribution in [3.05, 3.63) is 66.0 Å². The summed E-state index contributed by atoms with van der Waals surface area (Å²) in [5.41, 5.74) is 2.82. The molecule has 23 heavy (non-hydrogen) atoms. The maximum Gasteiger partial charge on any atom is 3.00 e. The number of nitrogens with zero attached hydrogens (tertiary/aromatic N) is 3. The van der Waals surface area contributed by atoms with E-state index in [0.717, 1.165) is 17.0 Å². The zero-order chi connectivity index (χ0) is 13.9. The van der Waals surface area contributed by atoms with Gasteiger partial charge in [-0.2, -0.15) is 5.10 Å².